The average molecular weight is 302 g/mol. The quantitative estimate of drug-likeness (QED) is 0.934. The van der Waals surface area contributed by atoms with Crippen LogP contribution in [0.1, 0.15) is 29.0 Å². The van der Waals surface area contributed by atoms with Gasteiger partial charge in [-0.15, -0.1) is 11.3 Å². The molecule has 0 fully saturated rings. The molecule has 1 aliphatic heterocycles. The highest BCUT2D eigenvalue weighted by Gasteiger charge is 2.23. The number of hydrogen-bond acceptors (Lipinski definition) is 4. The first kappa shape index (κ1) is 14.4. The van der Waals surface area contributed by atoms with E-state index in [9.17, 15) is 0 Å². The number of benzene rings is 1. The van der Waals surface area contributed by atoms with E-state index in [1.165, 1.54) is 21.7 Å². The minimum absolute atomic E-state index is 0.264. The van der Waals surface area contributed by atoms with E-state index in [2.05, 4.69) is 40.7 Å². The highest BCUT2D eigenvalue weighted by atomic mass is 32.1. The van der Waals surface area contributed by atoms with Crippen molar-refractivity contribution in [1.29, 1.82) is 0 Å². The Morgan fingerprint density at radius 3 is 2.95 bits per heavy atom. The van der Waals surface area contributed by atoms with Gasteiger partial charge >= 0.3 is 0 Å². The van der Waals surface area contributed by atoms with Crippen LogP contribution in [0.2, 0.25) is 0 Å². The Morgan fingerprint density at radius 1 is 1.33 bits per heavy atom. The number of methoxy groups -OCH3 is 1. The fourth-order valence-corrected chi connectivity index (χ4v) is 3.91. The summed E-state index contributed by atoms with van der Waals surface area (Å²) in [7, 11) is 3.74. The zero-order valence-electron chi connectivity index (χ0n) is 12.8. The molecule has 0 spiro atoms. The average Bonchev–Trinajstić information content (AvgIpc) is 3.00. The van der Waals surface area contributed by atoms with Gasteiger partial charge in [-0.3, -0.25) is 0 Å². The zero-order valence-corrected chi connectivity index (χ0v) is 13.7. The van der Waals surface area contributed by atoms with E-state index in [0.717, 1.165) is 25.3 Å². The van der Waals surface area contributed by atoms with E-state index in [1.54, 1.807) is 7.11 Å². The summed E-state index contributed by atoms with van der Waals surface area (Å²) < 4.78 is 5.59. The van der Waals surface area contributed by atoms with Gasteiger partial charge in [0.15, 0.2) is 0 Å². The first-order valence-electron chi connectivity index (χ1n) is 7.39. The van der Waals surface area contributed by atoms with Gasteiger partial charge in [-0.1, -0.05) is 6.07 Å². The molecule has 1 aromatic heterocycles. The van der Waals surface area contributed by atoms with E-state index in [1.807, 2.05) is 24.5 Å². The van der Waals surface area contributed by atoms with E-state index in [0.29, 0.717) is 0 Å². The summed E-state index contributed by atoms with van der Waals surface area (Å²) in [6.07, 6.45) is 1.14. The maximum absolute atomic E-state index is 5.59. The number of nitrogens with one attached hydrogen (secondary N) is 1. The molecule has 4 heteroatoms. The minimum atomic E-state index is 0.264. The third kappa shape index (κ3) is 2.65. The lowest BCUT2D eigenvalue weighted by molar-refractivity contribution is 0.403. The van der Waals surface area contributed by atoms with Crippen molar-refractivity contribution in [3.63, 3.8) is 0 Å². The summed E-state index contributed by atoms with van der Waals surface area (Å²) in [5.41, 5.74) is 4.01. The van der Waals surface area contributed by atoms with Crippen LogP contribution in [0.15, 0.2) is 29.6 Å². The molecule has 112 valence electrons. The van der Waals surface area contributed by atoms with E-state index in [-0.39, 0.29) is 6.04 Å². The largest absolute Gasteiger partial charge is 0.496 e. The van der Waals surface area contributed by atoms with Crippen molar-refractivity contribution in [2.45, 2.75) is 25.9 Å². The number of ether oxygens (including phenoxy) is 1. The molecule has 3 rings (SSSR count). The topological polar surface area (TPSA) is 24.5 Å². The van der Waals surface area contributed by atoms with E-state index < -0.39 is 0 Å². The van der Waals surface area contributed by atoms with Gasteiger partial charge < -0.3 is 15.0 Å². The van der Waals surface area contributed by atoms with Crippen molar-refractivity contribution < 1.29 is 4.74 Å². The second-order valence-electron chi connectivity index (χ2n) is 5.44. The SMILES string of the molecule is CNC(C)c1c(OC)cccc1N1CCc2sccc2C1. The highest BCUT2D eigenvalue weighted by Crippen LogP contribution is 2.37. The second-order valence-corrected chi connectivity index (χ2v) is 6.44. The third-order valence-corrected chi connectivity index (χ3v) is 5.30. The number of hydrogen-bond donors (Lipinski definition) is 1. The van der Waals surface area contributed by atoms with Crippen LogP contribution < -0.4 is 15.0 Å². The van der Waals surface area contributed by atoms with Crippen LogP contribution in [0.5, 0.6) is 5.75 Å². The van der Waals surface area contributed by atoms with Crippen LogP contribution in [0.3, 0.4) is 0 Å². The van der Waals surface area contributed by atoms with Crippen LogP contribution >= 0.6 is 11.3 Å². The Bertz CT molecular complexity index is 623. The van der Waals surface area contributed by atoms with Gasteiger partial charge in [-0.25, -0.2) is 0 Å². The van der Waals surface area contributed by atoms with Crippen molar-refractivity contribution in [2.75, 3.05) is 25.6 Å². The predicted octanol–water partition coefficient (Wildman–Crippen LogP) is 3.60. The van der Waals surface area contributed by atoms with Gasteiger partial charge in [-0.2, -0.15) is 0 Å². The standard InChI is InChI=1S/C17H22N2OS/c1-12(18-2)17-14(5-4-6-15(17)20-3)19-9-7-16-13(11-19)8-10-21-16/h4-6,8,10,12,18H,7,9,11H2,1-3H3. The lowest BCUT2D eigenvalue weighted by Crippen LogP contribution is -2.31. The molecule has 1 unspecified atom stereocenters. The van der Waals surface area contributed by atoms with Crippen LogP contribution in [0.4, 0.5) is 5.69 Å². The Balaban J connectivity index is 1.99. The molecule has 0 saturated carbocycles. The number of anilines is 1. The van der Waals surface area contributed by atoms with Gasteiger partial charge in [0.25, 0.3) is 0 Å². The second kappa shape index (κ2) is 6.08. The minimum Gasteiger partial charge on any atom is -0.496 e. The molecular formula is C17H22N2OS. The van der Waals surface area contributed by atoms with Crippen LogP contribution in [0.25, 0.3) is 0 Å². The summed E-state index contributed by atoms with van der Waals surface area (Å²) >= 11 is 1.88. The fourth-order valence-electron chi connectivity index (χ4n) is 3.02. The molecule has 0 aliphatic carbocycles. The lowest BCUT2D eigenvalue weighted by Gasteiger charge is -2.32. The monoisotopic (exact) mass is 302 g/mol. The fraction of sp³-hybridized carbons (Fsp3) is 0.412. The molecule has 1 aromatic carbocycles. The number of fused-ring (bicyclic) bond motifs is 1. The molecule has 1 aliphatic rings. The number of nitrogens with zero attached hydrogens (tertiary/aromatic N) is 1. The molecule has 0 bridgehead atoms. The number of rotatable bonds is 4. The maximum Gasteiger partial charge on any atom is 0.125 e. The van der Waals surface area contributed by atoms with E-state index >= 15 is 0 Å². The van der Waals surface area contributed by atoms with Gasteiger partial charge in [0, 0.05) is 35.3 Å². The van der Waals surface area contributed by atoms with Crippen molar-refractivity contribution >= 4 is 17.0 Å². The molecule has 2 heterocycles. The molecule has 3 nitrogen and oxygen atoms in total. The Morgan fingerprint density at radius 2 is 2.19 bits per heavy atom. The molecule has 1 N–H and O–H groups in total. The first-order chi connectivity index (χ1) is 10.2. The van der Waals surface area contributed by atoms with E-state index in [4.69, 9.17) is 4.74 Å². The van der Waals surface area contributed by atoms with Gasteiger partial charge in [-0.05, 0) is 49.5 Å². The summed E-state index contributed by atoms with van der Waals surface area (Å²) in [5.74, 6) is 0.963. The molecule has 21 heavy (non-hydrogen) atoms. The van der Waals surface area contributed by atoms with Crippen molar-refractivity contribution in [2.24, 2.45) is 0 Å². The molecule has 0 saturated heterocycles. The van der Waals surface area contributed by atoms with Crippen molar-refractivity contribution in [3.05, 3.63) is 45.6 Å². The molecule has 2 aromatic rings. The van der Waals surface area contributed by atoms with Crippen LogP contribution in [-0.2, 0) is 13.0 Å². The summed E-state index contributed by atoms with van der Waals surface area (Å²) in [6, 6.07) is 8.87. The third-order valence-electron chi connectivity index (χ3n) is 4.28. The summed E-state index contributed by atoms with van der Waals surface area (Å²) in [5, 5.41) is 5.55. The van der Waals surface area contributed by atoms with Crippen molar-refractivity contribution in [3.8, 4) is 5.75 Å². The summed E-state index contributed by atoms with van der Waals surface area (Å²) in [4.78, 5) is 4.01. The van der Waals surface area contributed by atoms with Gasteiger partial charge in [0.2, 0.25) is 0 Å². The number of thiophene rings is 1. The Labute approximate surface area is 130 Å². The van der Waals surface area contributed by atoms with Crippen LogP contribution in [0, 0.1) is 0 Å². The highest BCUT2D eigenvalue weighted by molar-refractivity contribution is 7.10. The Hall–Kier alpha value is -1.52. The zero-order chi connectivity index (χ0) is 14.8. The van der Waals surface area contributed by atoms with Crippen molar-refractivity contribution in [1.82, 2.24) is 5.32 Å². The molecule has 0 amide bonds. The molecular weight excluding hydrogens is 280 g/mol. The smallest absolute Gasteiger partial charge is 0.125 e. The maximum atomic E-state index is 5.59. The molecule has 0 radical (unpaired) electrons. The Kier molecular flexibility index (Phi) is 4.17. The van der Waals surface area contributed by atoms with Gasteiger partial charge in [0.1, 0.15) is 5.75 Å². The molecule has 1 atom stereocenters. The summed E-state index contributed by atoms with van der Waals surface area (Å²) in [6.45, 7) is 4.25. The van der Waals surface area contributed by atoms with Crippen LogP contribution in [-0.4, -0.2) is 20.7 Å². The van der Waals surface area contributed by atoms with Gasteiger partial charge in [0.05, 0.1) is 7.11 Å². The predicted molar refractivity (Wildman–Crippen MR) is 89.5 cm³/mol. The lowest BCUT2D eigenvalue weighted by atomic mass is 10.0. The normalized spacial score (nSPS) is 15.7. The first-order valence-corrected chi connectivity index (χ1v) is 8.27.